The van der Waals surface area contributed by atoms with Gasteiger partial charge in [0.05, 0.1) is 0 Å². The number of likely N-dealkylation sites (N-methyl/N-ethyl adjacent to an activating group) is 1. The van der Waals surface area contributed by atoms with Gasteiger partial charge in [-0.05, 0) is 62.6 Å². The molecule has 0 saturated carbocycles. The Hall–Kier alpha value is -1.19. The topological polar surface area (TPSA) is 24.9 Å². The maximum absolute atomic E-state index is 4.06. The minimum absolute atomic E-state index is 0.552. The summed E-state index contributed by atoms with van der Waals surface area (Å²) in [4.78, 5) is 7.04. The summed E-state index contributed by atoms with van der Waals surface area (Å²) in [6.07, 6.45) is 8.30. The molecule has 2 rings (SSSR count). The standard InChI is InChI=1S/C16H22N2S/c1-3-15-6-7-16(19-15)12-14(17-2)5-4-13-8-10-18-11-9-13/h6-11,14,17H,3-5,12H2,1-2H3. The summed E-state index contributed by atoms with van der Waals surface area (Å²) in [5, 5.41) is 3.44. The fourth-order valence-electron chi connectivity index (χ4n) is 2.20. The van der Waals surface area contributed by atoms with E-state index in [-0.39, 0.29) is 0 Å². The minimum atomic E-state index is 0.552. The van der Waals surface area contributed by atoms with Crippen molar-refractivity contribution >= 4 is 11.3 Å². The van der Waals surface area contributed by atoms with Gasteiger partial charge in [0, 0.05) is 28.2 Å². The van der Waals surface area contributed by atoms with Gasteiger partial charge in [-0.1, -0.05) is 6.92 Å². The first kappa shape index (κ1) is 14.2. The van der Waals surface area contributed by atoms with E-state index in [1.165, 1.54) is 21.7 Å². The van der Waals surface area contributed by atoms with Crippen LogP contribution in [-0.4, -0.2) is 18.1 Å². The molecule has 102 valence electrons. The lowest BCUT2D eigenvalue weighted by atomic mass is 10.0. The molecule has 2 nitrogen and oxygen atoms in total. The van der Waals surface area contributed by atoms with Crippen molar-refractivity contribution in [3.05, 3.63) is 52.0 Å². The van der Waals surface area contributed by atoms with Crippen LogP contribution in [0.5, 0.6) is 0 Å². The molecule has 0 aliphatic carbocycles. The molecular weight excluding hydrogens is 252 g/mol. The lowest BCUT2D eigenvalue weighted by molar-refractivity contribution is 0.523. The summed E-state index contributed by atoms with van der Waals surface area (Å²) in [7, 11) is 2.06. The number of aromatic nitrogens is 1. The minimum Gasteiger partial charge on any atom is -0.317 e. The molecule has 0 aliphatic rings. The van der Waals surface area contributed by atoms with Crippen LogP contribution < -0.4 is 5.32 Å². The van der Waals surface area contributed by atoms with Crippen LogP contribution in [0.15, 0.2) is 36.7 Å². The summed E-state index contributed by atoms with van der Waals surface area (Å²) in [6, 6.07) is 9.30. The van der Waals surface area contributed by atoms with Crippen LogP contribution in [0.3, 0.4) is 0 Å². The van der Waals surface area contributed by atoms with Crippen LogP contribution >= 0.6 is 11.3 Å². The van der Waals surface area contributed by atoms with Gasteiger partial charge < -0.3 is 5.32 Å². The number of hydrogen-bond acceptors (Lipinski definition) is 3. The highest BCUT2D eigenvalue weighted by Crippen LogP contribution is 2.19. The highest BCUT2D eigenvalue weighted by molar-refractivity contribution is 7.11. The second-order valence-electron chi connectivity index (χ2n) is 4.81. The fourth-order valence-corrected chi connectivity index (χ4v) is 3.24. The molecular formula is C16H22N2S. The Morgan fingerprint density at radius 3 is 2.53 bits per heavy atom. The zero-order valence-corrected chi connectivity index (χ0v) is 12.5. The van der Waals surface area contributed by atoms with E-state index >= 15 is 0 Å². The van der Waals surface area contributed by atoms with Crippen molar-refractivity contribution in [3.63, 3.8) is 0 Å². The van der Waals surface area contributed by atoms with Crippen molar-refractivity contribution < 1.29 is 0 Å². The second kappa shape index (κ2) is 7.41. The quantitative estimate of drug-likeness (QED) is 0.836. The summed E-state index contributed by atoms with van der Waals surface area (Å²) in [6.45, 7) is 2.22. The van der Waals surface area contributed by atoms with E-state index in [1.54, 1.807) is 0 Å². The van der Waals surface area contributed by atoms with Crippen molar-refractivity contribution in [2.75, 3.05) is 7.05 Å². The van der Waals surface area contributed by atoms with Crippen LogP contribution in [0.2, 0.25) is 0 Å². The molecule has 1 atom stereocenters. The molecule has 0 bridgehead atoms. The average Bonchev–Trinajstić information content (AvgIpc) is 2.92. The smallest absolute Gasteiger partial charge is 0.0270 e. The number of rotatable bonds is 7. The van der Waals surface area contributed by atoms with Crippen molar-refractivity contribution in [1.82, 2.24) is 10.3 Å². The summed E-state index contributed by atoms with van der Waals surface area (Å²) >= 11 is 1.95. The van der Waals surface area contributed by atoms with Gasteiger partial charge >= 0.3 is 0 Å². The zero-order valence-electron chi connectivity index (χ0n) is 11.7. The third-order valence-corrected chi connectivity index (χ3v) is 4.70. The lowest BCUT2D eigenvalue weighted by Gasteiger charge is -2.15. The Morgan fingerprint density at radius 2 is 1.89 bits per heavy atom. The first-order valence-electron chi connectivity index (χ1n) is 6.95. The fraction of sp³-hybridized carbons (Fsp3) is 0.438. The first-order valence-corrected chi connectivity index (χ1v) is 7.77. The summed E-state index contributed by atoms with van der Waals surface area (Å²) in [5.41, 5.74) is 1.37. The lowest BCUT2D eigenvalue weighted by Crippen LogP contribution is -2.27. The van der Waals surface area contributed by atoms with Crippen molar-refractivity contribution in [2.45, 2.75) is 38.6 Å². The molecule has 0 amide bonds. The maximum atomic E-state index is 4.06. The number of hydrogen-bond donors (Lipinski definition) is 1. The molecule has 0 spiro atoms. The molecule has 1 N–H and O–H groups in total. The van der Waals surface area contributed by atoms with Crippen molar-refractivity contribution in [3.8, 4) is 0 Å². The van der Waals surface area contributed by atoms with E-state index in [4.69, 9.17) is 0 Å². The average molecular weight is 274 g/mol. The summed E-state index contributed by atoms with van der Waals surface area (Å²) in [5.74, 6) is 0. The van der Waals surface area contributed by atoms with Gasteiger partial charge in [0.25, 0.3) is 0 Å². The van der Waals surface area contributed by atoms with E-state index < -0.39 is 0 Å². The van der Waals surface area contributed by atoms with E-state index in [9.17, 15) is 0 Å². The predicted octanol–water partition coefficient (Wildman–Crippen LogP) is 3.47. The molecule has 19 heavy (non-hydrogen) atoms. The Labute approximate surface area is 119 Å². The normalized spacial score (nSPS) is 12.5. The molecule has 0 saturated heterocycles. The number of pyridine rings is 1. The molecule has 0 fully saturated rings. The van der Waals surface area contributed by atoms with Gasteiger partial charge in [-0.25, -0.2) is 0 Å². The van der Waals surface area contributed by atoms with Crippen LogP contribution in [0.25, 0.3) is 0 Å². The first-order chi connectivity index (χ1) is 9.31. The van der Waals surface area contributed by atoms with E-state index in [1.807, 2.05) is 23.7 Å². The molecule has 2 aromatic rings. The predicted molar refractivity (Wildman–Crippen MR) is 82.8 cm³/mol. The van der Waals surface area contributed by atoms with Crippen LogP contribution in [0.4, 0.5) is 0 Å². The van der Waals surface area contributed by atoms with Gasteiger partial charge in [0.2, 0.25) is 0 Å². The Kier molecular flexibility index (Phi) is 5.55. The number of aryl methyl sites for hydroxylation is 2. The number of nitrogens with one attached hydrogen (secondary N) is 1. The molecule has 0 aliphatic heterocycles. The van der Waals surface area contributed by atoms with Crippen LogP contribution in [0, 0.1) is 0 Å². The third kappa shape index (κ3) is 4.44. The van der Waals surface area contributed by atoms with E-state index in [0.717, 1.165) is 19.3 Å². The molecule has 0 radical (unpaired) electrons. The molecule has 1 unspecified atom stereocenters. The van der Waals surface area contributed by atoms with E-state index in [0.29, 0.717) is 6.04 Å². The van der Waals surface area contributed by atoms with Crippen LogP contribution in [-0.2, 0) is 19.3 Å². The Bertz CT molecular complexity index is 479. The SMILES string of the molecule is CCc1ccc(CC(CCc2ccncc2)NC)s1. The van der Waals surface area contributed by atoms with Gasteiger partial charge in [0.1, 0.15) is 0 Å². The highest BCUT2D eigenvalue weighted by atomic mass is 32.1. The van der Waals surface area contributed by atoms with Crippen molar-refractivity contribution in [2.24, 2.45) is 0 Å². The van der Waals surface area contributed by atoms with Crippen molar-refractivity contribution in [1.29, 1.82) is 0 Å². The van der Waals surface area contributed by atoms with E-state index in [2.05, 4.69) is 48.5 Å². The molecule has 0 aromatic carbocycles. The molecule has 3 heteroatoms. The number of nitrogens with zero attached hydrogens (tertiary/aromatic N) is 1. The van der Waals surface area contributed by atoms with Gasteiger partial charge in [-0.3, -0.25) is 4.98 Å². The molecule has 2 heterocycles. The highest BCUT2D eigenvalue weighted by Gasteiger charge is 2.09. The zero-order chi connectivity index (χ0) is 13.5. The summed E-state index contributed by atoms with van der Waals surface area (Å²) < 4.78 is 0. The monoisotopic (exact) mass is 274 g/mol. The maximum Gasteiger partial charge on any atom is 0.0270 e. The second-order valence-corrected chi connectivity index (χ2v) is 6.06. The van der Waals surface area contributed by atoms with Gasteiger partial charge in [-0.15, -0.1) is 11.3 Å². The largest absolute Gasteiger partial charge is 0.317 e. The van der Waals surface area contributed by atoms with Crippen LogP contribution in [0.1, 0.15) is 28.7 Å². The van der Waals surface area contributed by atoms with Gasteiger partial charge in [-0.2, -0.15) is 0 Å². The van der Waals surface area contributed by atoms with Gasteiger partial charge in [0.15, 0.2) is 0 Å². The Balaban J connectivity index is 1.86. The molecule has 2 aromatic heterocycles. The third-order valence-electron chi connectivity index (χ3n) is 3.45. The Morgan fingerprint density at radius 1 is 1.16 bits per heavy atom. The number of thiophene rings is 1.